The average molecular weight is 357 g/mol. The summed E-state index contributed by atoms with van der Waals surface area (Å²) in [5.74, 6) is 2.05. The molecular formula is C21H28N2OS. The Kier molecular flexibility index (Phi) is 5.35. The zero-order valence-electron chi connectivity index (χ0n) is 14.9. The number of hydrogen-bond donors (Lipinski definition) is 1. The van der Waals surface area contributed by atoms with E-state index in [-0.39, 0.29) is 5.91 Å². The van der Waals surface area contributed by atoms with E-state index in [1.165, 1.54) is 49.6 Å². The fourth-order valence-electron chi connectivity index (χ4n) is 4.73. The highest BCUT2D eigenvalue weighted by atomic mass is 32.1. The van der Waals surface area contributed by atoms with Gasteiger partial charge in [0.15, 0.2) is 0 Å². The molecule has 1 aromatic heterocycles. The summed E-state index contributed by atoms with van der Waals surface area (Å²) in [6, 6.07) is 8.68. The number of hydrogen-bond acceptors (Lipinski definition) is 3. The Balaban J connectivity index is 1.21. The Bertz CT molecular complexity index is 693. The predicted octanol–water partition coefficient (Wildman–Crippen LogP) is 5.09. The number of fused-ring (bicyclic) bond motifs is 2. The minimum absolute atomic E-state index is 0.236. The molecule has 1 amide bonds. The van der Waals surface area contributed by atoms with Gasteiger partial charge < -0.3 is 5.32 Å². The van der Waals surface area contributed by atoms with Crippen molar-refractivity contribution in [2.45, 2.75) is 70.3 Å². The minimum atomic E-state index is 0.236. The Labute approximate surface area is 154 Å². The molecular weight excluding hydrogens is 328 g/mol. The molecule has 0 unspecified atom stereocenters. The molecule has 1 heterocycles. The molecule has 2 aliphatic rings. The Morgan fingerprint density at radius 3 is 2.84 bits per heavy atom. The van der Waals surface area contributed by atoms with Crippen LogP contribution in [0.2, 0.25) is 0 Å². The van der Waals surface area contributed by atoms with Crippen molar-refractivity contribution in [3.05, 3.63) is 29.3 Å². The number of nitrogens with one attached hydrogen (secondary N) is 1. The van der Waals surface area contributed by atoms with Crippen molar-refractivity contribution in [1.82, 2.24) is 10.3 Å². The molecule has 1 N–H and O–H groups in total. The predicted molar refractivity (Wildman–Crippen MR) is 104 cm³/mol. The molecule has 2 aliphatic carbocycles. The maximum atomic E-state index is 12.3. The van der Waals surface area contributed by atoms with E-state index in [4.69, 9.17) is 0 Å². The van der Waals surface area contributed by atoms with E-state index in [2.05, 4.69) is 28.5 Å². The highest BCUT2D eigenvalue weighted by Crippen LogP contribution is 2.40. The zero-order chi connectivity index (χ0) is 17.1. The van der Waals surface area contributed by atoms with E-state index in [0.717, 1.165) is 35.2 Å². The van der Waals surface area contributed by atoms with Crippen molar-refractivity contribution in [1.29, 1.82) is 0 Å². The van der Waals surface area contributed by atoms with Crippen LogP contribution in [-0.4, -0.2) is 16.9 Å². The van der Waals surface area contributed by atoms with Gasteiger partial charge in [0, 0.05) is 12.5 Å². The van der Waals surface area contributed by atoms with Crippen LogP contribution in [-0.2, 0) is 11.2 Å². The maximum Gasteiger partial charge on any atom is 0.220 e. The first-order chi connectivity index (χ1) is 12.3. The number of aryl methyl sites for hydroxylation is 1. The highest BCUT2D eigenvalue weighted by Gasteiger charge is 2.32. The van der Waals surface area contributed by atoms with E-state index in [0.29, 0.717) is 12.5 Å². The summed E-state index contributed by atoms with van der Waals surface area (Å²) in [5.41, 5.74) is 1.08. The van der Waals surface area contributed by atoms with Crippen molar-refractivity contribution < 1.29 is 4.79 Å². The minimum Gasteiger partial charge on any atom is -0.353 e. The summed E-state index contributed by atoms with van der Waals surface area (Å²) < 4.78 is 1.24. The number of thiazole rings is 1. The number of para-hydroxylation sites is 1. The summed E-state index contributed by atoms with van der Waals surface area (Å²) in [5, 5.41) is 4.46. The fourth-order valence-corrected chi connectivity index (χ4v) is 5.74. The van der Waals surface area contributed by atoms with Crippen LogP contribution in [0.1, 0.15) is 62.8 Å². The first kappa shape index (κ1) is 17.0. The lowest BCUT2D eigenvalue weighted by molar-refractivity contribution is -0.122. The smallest absolute Gasteiger partial charge is 0.220 e. The average Bonchev–Trinajstić information content (AvgIpc) is 3.04. The summed E-state index contributed by atoms with van der Waals surface area (Å²) >= 11 is 1.75. The van der Waals surface area contributed by atoms with Gasteiger partial charge in [-0.25, -0.2) is 4.98 Å². The van der Waals surface area contributed by atoms with Crippen LogP contribution in [0.5, 0.6) is 0 Å². The van der Waals surface area contributed by atoms with Gasteiger partial charge in [-0.1, -0.05) is 37.8 Å². The molecule has 1 aromatic carbocycles. The molecule has 0 spiro atoms. The van der Waals surface area contributed by atoms with Gasteiger partial charge in [-0.05, 0) is 56.1 Å². The third-order valence-corrected chi connectivity index (χ3v) is 7.13. The summed E-state index contributed by atoms with van der Waals surface area (Å²) in [7, 11) is 0. The fraction of sp³-hybridized carbons (Fsp3) is 0.619. The molecule has 0 aliphatic heterocycles. The van der Waals surface area contributed by atoms with E-state index in [9.17, 15) is 4.79 Å². The zero-order valence-corrected chi connectivity index (χ0v) is 15.7. The Hall–Kier alpha value is -1.42. The van der Waals surface area contributed by atoms with E-state index < -0.39 is 0 Å². The molecule has 0 radical (unpaired) electrons. The number of amides is 1. The molecule has 2 aromatic rings. The van der Waals surface area contributed by atoms with Crippen LogP contribution in [0.3, 0.4) is 0 Å². The van der Waals surface area contributed by atoms with Gasteiger partial charge in [-0.3, -0.25) is 4.79 Å². The van der Waals surface area contributed by atoms with Crippen LogP contribution < -0.4 is 5.32 Å². The number of rotatable bonds is 5. The quantitative estimate of drug-likeness (QED) is 0.810. The monoisotopic (exact) mass is 356 g/mol. The van der Waals surface area contributed by atoms with Crippen LogP contribution in [0.15, 0.2) is 24.3 Å². The third-order valence-electron chi connectivity index (χ3n) is 6.04. The number of benzene rings is 1. The van der Waals surface area contributed by atoms with Gasteiger partial charge in [0.2, 0.25) is 5.91 Å². The number of carbonyl (C=O) groups is 1. The van der Waals surface area contributed by atoms with Crippen LogP contribution >= 0.6 is 11.3 Å². The van der Waals surface area contributed by atoms with Gasteiger partial charge >= 0.3 is 0 Å². The van der Waals surface area contributed by atoms with Crippen molar-refractivity contribution in [3.8, 4) is 0 Å². The van der Waals surface area contributed by atoms with Crippen molar-refractivity contribution in [2.75, 3.05) is 0 Å². The largest absolute Gasteiger partial charge is 0.353 e. The summed E-state index contributed by atoms with van der Waals surface area (Å²) in [6.45, 7) is 0. The molecule has 134 valence electrons. The maximum absolute atomic E-state index is 12.3. The number of aromatic nitrogens is 1. The number of carbonyl (C=O) groups excluding carboxylic acids is 1. The van der Waals surface area contributed by atoms with Crippen molar-refractivity contribution >= 4 is 27.5 Å². The molecule has 2 saturated carbocycles. The second-order valence-corrected chi connectivity index (χ2v) is 8.93. The van der Waals surface area contributed by atoms with E-state index in [1.54, 1.807) is 11.3 Å². The topological polar surface area (TPSA) is 42.0 Å². The van der Waals surface area contributed by atoms with Gasteiger partial charge in [0.1, 0.15) is 0 Å². The molecule has 3 atom stereocenters. The lowest BCUT2D eigenvalue weighted by atomic mass is 9.69. The number of nitrogens with zero attached hydrogens (tertiary/aromatic N) is 1. The van der Waals surface area contributed by atoms with Gasteiger partial charge in [-0.15, -0.1) is 11.3 Å². The molecule has 4 heteroatoms. The normalized spacial score (nSPS) is 26.3. The summed E-state index contributed by atoms with van der Waals surface area (Å²) in [4.78, 5) is 17.0. The van der Waals surface area contributed by atoms with E-state index in [1.807, 2.05) is 6.07 Å². The van der Waals surface area contributed by atoms with Gasteiger partial charge in [0.25, 0.3) is 0 Å². The van der Waals surface area contributed by atoms with E-state index >= 15 is 0 Å². The summed E-state index contributed by atoms with van der Waals surface area (Å²) in [6.07, 6.45) is 11.8. The molecule has 0 bridgehead atoms. The Morgan fingerprint density at radius 1 is 1.12 bits per heavy atom. The molecule has 0 saturated heterocycles. The standard InChI is InChI=1S/C21H28N2OS/c24-20(22-17-13-12-15-6-1-2-7-16(15)14-17)10-5-11-21-23-18-8-3-4-9-19(18)25-21/h3-4,8-9,15-17H,1-2,5-7,10-14H2,(H,22,24)/t15-,16+,17-/m1/s1. The van der Waals surface area contributed by atoms with Gasteiger partial charge in [-0.2, -0.15) is 0 Å². The van der Waals surface area contributed by atoms with Crippen molar-refractivity contribution in [2.24, 2.45) is 11.8 Å². The lowest BCUT2D eigenvalue weighted by Crippen LogP contribution is -2.41. The molecule has 25 heavy (non-hydrogen) atoms. The molecule has 2 fully saturated rings. The van der Waals surface area contributed by atoms with Crippen LogP contribution in [0.4, 0.5) is 0 Å². The SMILES string of the molecule is O=C(CCCc1nc2ccccc2s1)N[C@@H]1CC[C@H]2CCCC[C@H]2C1. The van der Waals surface area contributed by atoms with Crippen LogP contribution in [0, 0.1) is 11.8 Å². The molecule has 3 nitrogen and oxygen atoms in total. The van der Waals surface area contributed by atoms with Crippen molar-refractivity contribution in [3.63, 3.8) is 0 Å². The first-order valence-corrected chi connectivity index (χ1v) is 10.7. The highest BCUT2D eigenvalue weighted by molar-refractivity contribution is 7.18. The first-order valence-electron chi connectivity index (χ1n) is 9.92. The second-order valence-electron chi connectivity index (χ2n) is 7.81. The van der Waals surface area contributed by atoms with Gasteiger partial charge in [0.05, 0.1) is 15.2 Å². The van der Waals surface area contributed by atoms with Crippen LogP contribution in [0.25, 0.3) is 10.2 Å². The third kappa shape index (κ3) is 4.22. The molecule has 4 rings (SSSR count). The lowest BCUT2D eigenvalue weighted by Gasteiger charge is -2.39. The second kappa shape index (κ2) is 7.86. The Morgan fingerprint density at radius 2 is 1.96 bits per heavy atom.